The molecule has 0 amide bonds. The Balaban J connectivity index is 1.49. The molecule has 3 rings (SSSR count). The third-order valence-electron chi connectivity index (χ3n) is 3.97. The van der Waals surface area contributed by atoms with Crippen molar-refractivity contribution in [3.05, 3.63) is 77.6 Å². The highest BCUT2D eigenvalue weighted by Crippen LogP contribution is 2.21. The Kier molecular flexibility index (Phi) is 6.58. The molecule has 0 aliphatic heterocycles. The van der Waals surface area contributed by atoms with Gasteiger partial charge in [0, 0.05) is 47.8 Å². The van der Waals surface area contributed by atoms with Crippen molar-refractivity contribution >= 4 is 38.5 Å². The minimum absolute atomic E-state index is 0.269. The standard InChI is InChI=1S/C20H20ClN3O2S/c21-18-8-6-16(7-9-18)3-2-11-22-13-14-24-27(25,26)20-5-1-4-17-15-23-12-10-19(17)20/h1-10,12,15,22,24H,11,13-14H2/b3-2+. The molecule has 5 nitrogen and oxygen atoms in total. The van der Waals surface area contributed by atoms with Crippen LogP contribution in [-0.4, -0.2) is 33.0 Å². The van der Waals surface area contributed by atoms with Crippen LogP contribution in [0.25, 0.3) is 16.8 Å². The molecule has 2 aromatic carbocycles. The molecule has 0 saturated heterocycles. The summed E-state index contributed by atoms with van der Waals surface area (Å²) in [6.45, 7) is 1.47. The average Bonchev–Trinajstić information content (AvgIpc) is 2.68. The normalized spacial score (nSPS) is 12.0. The molecule has 0 aliphatic rings. The SMILES string of the molecule is O=S(=O)(NCCNC/C=C/c1ccc(Cl)cc1)c1cccc2cnccc12. The van der Waals surface area contributed by atoms with E-state index in [1.54, 1.807) is 30.6 Å². The van der Waals surface area contributed by atoms with Crippen LogP contribution in [0.15, 0.2) is 71.9 Å². The summed E-state index contributed by atoms with van der Waals surface area (Å²) < 4.78 is 27.8. The van der Waals surface area contributed by atoms with Gasteiger partial charge in [0.15, 0.2) is 0 Å². The van der Waals surface area contributed by atoms with Crippen LogP contribution in [0.5, 0.6) is 0 Å². The number of hydrogen-bond donors (Lipinski definition) is 2. The van der Waals surface area contributed by atoms with Crippen molar-refractivity contribution in [3.8, 4) is 0 Å². The molecule has 27 heavy (non-hydrogen) atoms. The van der Waals surface area contributed by atoms with E-state index in [-0.39, 0.29) is 4.90 Å². The maximum Gasteiger partial charge on any atom is 0.241 e. The maximum atomic E-state index is 12.6. The third-order valence-corrected chi connectivity index (χ3v) is 5.74. The Morgan fingerprint density at radius 2 is 1.85 bits per heavy atom. The van der Waals surface area contributed by atoms with E-state index in [1.807, 2.05) is 42.5 Å². The number of nitrogens with one attached hydrogen (secondary N) is 2. The number of rotatable bonds is 8. The van der Waals surface area contributed by atoms with Crippen molar-refractivity contribution in [3.63, 3.8) is 0 Å². The average molecular weight is 402 g/mol. The minimum atomic E-state index is -3.57. The lowest BCUT2D eigenvalue weighted by atomic mass is 10.2. The predicted octanol–water partition coefficient (Wildman–Crippen LogP) is 3.47. The van der Waals surface area contributed by atoms with Crippen LogP contribution in [0.4, 0.5) is 0 Å². The number of aromatic nitrogens is 1. The number of halogens is 1. The van der Waals surface area contributed by atoms with Gasteiger partial charge in [-0.15, -0.1) is 0 Å². The van der Waals surface area contributed by atoms with Crippen molar-refractivity contribution < 1.29 is 8.42 Å². The van der Waals surface area contributed by atoms with Crippen LogP contribution < -0.4 is 10.0 Å². The molecule has 0 aliphatic carbocycles. The minimum Gasteiger partial charge on any atom is -0.312 e. The predicted molar refractivity (Wildman–Crippen MR) is 110 cm³/mol. The number of benzene rings is 2. The van der Waals surface area contributed by atoms with Crippen LogP contribution in [-0.2, 0) is 10.0 Å². The van der Waals surface area contributed by atoms with Crippen molar-refractivity contribution in [2.45, 2.75) is 4.90 Å². The van der Waals surface area contributed by atoms with Crippen LogP contribution in [0.3, 0.4) is 0 Å². The number of hydrogen-bond acceptors (Lipinski definition) is 4. The first kappa shape index (κ1) is 19.5. The summed E-state index contributed by atoms with van der Waals surface area (Å²) in [7, 11) is -3.57. The van der Waals surface area contributed by atoms with E-state index in [9.17, 15) is 8.42 Å². The molecule has 2 N–H and O–H groups in total. The zero-order chi connectivity index (χ0) is 19.1. The lowest BCUT2D eigenvalue weighted by Crippen LogP contribution is -2.32. The van der Waals surface area contributed by atoms with Gasteiger partial charge in [0.25, 0.3) is 0 Å². The molecule has 7 heteroatoms. The van der Waals surface area contributed by atoms with Crippen LogP contribution in [0, 0.1) is 0 Å². The lowest BCUT2D eigenvalue weighted by molar-refractivity contribution is 0.579. The summed E-state index contributed by atoms with van der Waals surface area (Å²) in [5.41, 5.74) is 1.06. The second-order valence-electron chi connectivity index (χ2n) is 5.91. The highest BCUT2D eigenvalue weighted by Gasteiger charge is 2.16. The second kappa shape index (κ2) is 9.10. The van der Waals surface area contributed by atoms with Crippen LogP contribution >= 0.6 is 11.6 Å². The van der Waals surface area contributed by atoms with E-state index in [0.29, 0.717) is 30.0 Å². The van der Waals surface area contributed by atoms with E-state index in [1.165, 1.54) is 0 Å². The maximum absolute atomic E-state index is 12.6. The summed E-state index contributed by atoms with van der Waals surface area (Å²) in [5, 5.41) is 5.35. The topological polar surface area (TPSA) is 71.1 Å². The fourth-order valence-electron chi connectivity index (χ4n) is 2.63. The van der Waals surface area contributed by atoms with E-state index >= 15 is 0 Å². The molecule has 0 unspecified atom stereocenters. The van der Waals surface area contributed by atoms with Gasteiger partial charge in [-0.1, -0.05) is 48.0 Å². The fourth-order valence-corrected chi connectivity index (χ4v) is 4.02. The van der Waals surface area contributed by atoms with Gasteiger partial charge in [-0.05, 0) is 29.8 Å². The summed E-state index contributed by atoms with van der Waals surface area (Å²) in [6.07, 6.45) is 7.21. The Morgan fingerprint density at radius 1 is 1.04 bits per heavy atom. The number of fused-ring (bicyclic) bond motifs is 1. The zero-order valence-electron chi connectivity index (χ0n) is 14.6. The van der Waals surface area contributed by atoms with Crippen LogP contribution in [0.1, 0.15) is 5.56 Å². The van der Waals surface area contributed by atoms with Gasteiger partial charge in [-0.25, -0.2) is 13.1 Å². The van der Waals surface area contributed by atoms with E-state index < -0.39 is 10.0 Å². The Labute approximate surface area is 164 Å². The first-order valence-corrected chi connectivity index (χ1v) is 10.4. The zero-order valence-corrected chi connectivity index (χ0v) is 16.2. The quantitative estimate of drug-likeness (QED) is 0.567. The number of pyridine rings is 1. The molecule has 1 heterocycles. The van der Waals surface area contributed by atoms with Gasteiger partial charge in [0.05, 0.1) is 4.90 Å². The molecule has 140 valence electrons. The summed E-state index contributed by atoms with van der Waals surface area (Å²) in [5.74, 6) is 0. The molecular weight excluding hydrogens is 382 g/mol. The second-order valence-corrected chi connectivity index (χ2v) is 8.08. The third kappa shape index (κ3) is 5.37. The smallest absolute Gasteiger partial charge is 0.241 e. The molecule has 0 bridgehead atoms. The van der Waals surface area contributed by atoms with E-state index in [4.69, 9.17) is 11.6 Å². The number of sulfonamides is 1. The first-order chi connectivity index (χ1) is 13.1. The monoisotopic (exact) mass is 401 g/mol. The summed E-state index contributed by atoms with van der Waals surface area (Å²) in [4.78, 5) is 4.30. The van der Waals surface area contributed by atoms with Gasteiger partial charge in [0.1, 0.15) is 0 Å². The Hall–Kier alpha value is -2.25. The summed E-state index contributed by atoms with van der Waals surface area (Å²) in [6, 6.07) is 14.4. The molecular formula is C20H20ClN3O2S. The molecule has 0 spiro atoms. The number of nitrogens with zero attached hydrogens (tertiary/aromatic N) is 1. The molecule has 0 atom stereocenters. The van der Waals surface area contributed by atoms with E-state index in [0.717, 1.165) is 10.9 Å². The fraction of sp³-hybridized carbons (Fsp3) is 0.150. The molecule has 0 radical (unpaired) electrons. The van der Waals surface area contributed by atoms with E-state index in [2.05, 4.69) is 15.0 Å². The van der Waals surface area contributed by atoms with Crippen molar-refractivity contribution in [2.75, 3.05) is 19.6 Å². The van der Waals surface area contributed by atoms with Gasteiger partial charge < -0.3 is 5.32 Å². The Bertz CT molecular complexity index is 1030. The molecule has 0 saturated carbocycles. The first-order valence-electron chi connectivity index (χ1n) is 8.51. The highest BCUT2D eigenvalue weighted by molar-refractivity contribution is 7.89. The largest absolute Gasteiger partial charge is 0.312 e. The van der Waals surface area contributed by atoms with Gasteiger partial charge in [0.2, 0.25) is 10.0 Å². The molecule has 1 aromatic heterocycles. The van der Waals surface area contributed by atoms with Gasteiger partial charge >= 0.3 is 0 Å². The highest BCUT2D eigenvalue weighted by atomic mass is 35.5. The Morgan fingerprint density at radius 3 is 2.67 bits per heavy atom. The molecule has 0 fully saturated rings. The van der Waals surface area contributed by atoms with Crippen LogP contribution in [0.2, 0.25) is 5.02 Å². The summed E-state index contributed by atoms with van der Waals surface area (Å²) >= 11 is 5.85. The van der Waals surface area contributed by atoms with Crippen molar-refractivity contribution in [1.82, 2.24) is 15.0 Å². The van der Waals surface area contributed by atoms with Gasteiger partial charge in [-0.3, -0.25) is 4.98 Å². The lowest BCUT2D eigenvalue weighted by Gasteiger charge is -2.09. The van der Waals surface area contributed by atoms with Crippen molar-refractivity contribution in [1.29, 1.82) is 0 Å². The van der Waals surface area contributed by atoms with Gasteiger partial charge in [-0.2, -0.15) is 0 Å². The molecule has 3 aromatic rings. The van der Waals surface area contributed by atoms with Crippen molar-refractivity contribution in [2.24, 2.45) is 0 Å².